The summed E-state index contributed by atoms with van der Waals surface area (Å²) in [5.41, 5.74) is 2.31. The summed E-state index contributed by atoms with van der Waals surface area (Å²) in [7, 11) is 0. The molecule has 6 nitrogen and oxygen atoms in total. The van der Waals surface area contributed by atoms with Crippen LogP contribution < -0.4 is 0 Å². The van der Waals surface area contributed by atoms with Crippen molar-refractivity contribution in [3.05, 3.63) is 59.7 Å². The summed E-state index contributed by atoms with van der Waals surface area (Å²) in [5.74, 6) is 0.0133. The minimum atomic E-state index is -0.263. The molecule has 0 aliphatic carbocycles. The number of hydrogen-bond acceptors (Lipinski definition) is 5. The van der Waals surface area contributed by atoms with Crippen molar-refractivity contribution in [2.75, 3.05) is 19.7 Å². The average Bonchev–Trinajstić information content (AvgIpc) is 2.65. The molecule has 0 radical (unpaired) electrons. The van der Waals surface area contributed by atoms with E-state index in [1.807, 2.05) is 30.0 Å². The molecule has 0 N–H and O–H groups in total. The Labute approximate surface area is 153 Å². The van der Waals surface area contributed by atoms with E-state index in [-0.39, 0.29) is 17.6 Å². The number of rotatable bonds is 4. The van der Waals surface area contributed by atoms with Gasteiger partial charge in [0, 0.05) is 31.1 Å². The van der Waals surface area contributed by atoms with E-state index >= 15 is 0 Å². The normalized spacial score (nSPS) is 21.4. The molecule has 0 bridgehead atoms. The highest BCUT2D eigenvalue weighted by molar-refractivity contribution is 5.94. The maximum Gasteiger partial charge on any atom is 0.255 e. The summed E-state index contributed by atoms with van der Waals surface area (Å²) in [6.45, 7) is 4.39. The minimum absolute atomic E-state index is 0.0133. The van der Waals surface area contributed by atoms with Gasteiger partial charge in [0.05, 0.1) is 37.1 Å². The Hall–Kier alpha value is -2.31. The van der Waals surface area contributed by atoms with E-state index in [1.165, 1.54) is 0 Å². The summed E-state index contributed by atoms with van der Waals surface area (Å²) in [4.78, 5) is 22.8. The third-order valence-electron chi connectivity index (χ3n) is 5.01. The van der Waals surface area contributed by atoms with Gasteiger partial charge >= 0.3 is 0 Å². The lowest BCUT2D eigenvalue weighted by Gasteiger charge is -2.53. The number of hydrogen-bond donors (Lipinski definition) is 0. The molecule has 2 aliphatic rings. The number of likely N-dealkylation sites (tertiary alicyclic amines) is 1. The fourth-order valence-corrected chi connectivity index (χ4v) is 3.69. The van der Waals surface area contributed by atoms with Crippen LogP contribution in [0.1, 0.15) is 34.6 Å². The molecule has 1 atom stereocenters. The molecule has 1 amide bonds. The maximum atomic E-state index is 12.5. The molecule has 26 heavy (non-hydrogen) atoms. The first kappa shape index (κ1) is 17.1. The van der Waals surface area contributed by atoms with Crippen LogP contribution in [0.15, 0.2) is 42.7 Å². The van der Waals surface area contributed by atoms with Gasteiger partial charge in [0.25, 0.3) is 5.91 Å². The molecular formula is C20H23N3O3. The number of ether oxygens (including phenoxy) is 2. The van der Waals surface area contributed by atoms with Gasteiger partial charge < -0.3 is 14.4 Å². The Morgan fingerprint density at radius 1 is 1.35 bits per heavy atom. The summed E-state index contributed by atoms with van der Waals surface area (Å²) >= 11 is 0. The van der Waals surface area contributed by atoms with Crippen LogP contribution in [0.2, 0.25) is 0 Å². The number of nitrogens with zero attached hydrogens (tertiary/aromatic N) is 3. The molecule has 1 spiro atoms. The average molecular weight is 353 g/mol. The van der Waals surface area contributed by atoms with Gasteiger partial charge in [-0.25, -0.2) is 0 Å². The van der Waals surface area contributed by atoms with Crippen molar-refractivity contribution >= 4 is 5.91 Å². The van der Waals surface area contributed by atoms with Crippen LogP contribution in [0.5, 0.6) is 0 Å². The number of aryl methyl sites for hydroxylation is 1. The third kappa shape index (κ3) is 3.61. The van der Waals surface area contributed by atoms with Crippen molar-refractivity contribution in [3.8, 4) is 0 Å². The zero-order valence-corrected chi connectivity index (χ0v) is 14.9. The van der Waals surface area contributed by atoms with Crippen LogP contribution in [0.4, 0.5) is 0 Å². The van der Waals surface area contributed by atoms with Crippen LogP contribution in [0.25, 0.3) is 0 Å². The zero-order valence-electron chi connectivity index (χ0n) is 14.9. The van der Waals surface area contributed by atoms with Gasteiger partial charge in [0.1, 0.15) is 5.60 Å². The Morgan fingerprint density at radius 2 is 2.23 bits per heavy atom. The molecule has 0 unspecified atom stereocenters. The highest BCUT2D eigenvalue weighted by Gasteiger charge is 2.49. The van der Waals surface area contributed by atoms with Crippen molar-refractivity contribution in [2.45, 2.75) is 38.1 Å². The van der Waals surface area contributed by atoms with Crippen LogP contribution >= 0.6 is 0 Å². The predicted molar refractivity (Wildman–Crippen MR) is 95.6 cm³/mol. The SMILES string of the molecule is Cc1cccc(CO[C@H]2CCOC3(C2)CN(C(=O)c2cccnc2)C3)n1. The van der Waals surface area contributed by atoms with Crippen LogP contribution in [0, 0.1) is 6.92 Å². The molecule has 2 fully saturated rings. The van der Waals surface area contributed by atoms with Gasteiger partial charge in [-0.2, -0.15) is 0 Å². The lowest BCUT2D eigenvalue weighted by atomic mass is 9.84. The van der Waals surface area contributed by atoms with Gasteiger partial charge in [-0.05, 0) is 37.6 Å². The second-order valence-corrected chi connectivity index (χ2v) is 7.13. The quantitative estimate of drug-likeness (QED) is 0.844. The standard InChI is InChI=1S/C20H23N3O3/c1-15-4-2-6-17(22-15)12-25-18-7-9-26-20(10-18)13-23(14-20)19(24)16-5-3-8-21-11-16/h2-6,8,11,18H,7,9-10,12-14H2,1H3/t18-/m0/s1. The number of aromatic nitrogens is 2. The third-order valence-corrected chi connectivity index (χ3v) is 5.01. The van der Waals surface area contributed by atoms with Crippen LogP contribution in [-0.4, -0.2) is 52.2 Å². The second kappa shape index (κ2) is 7.13. The Kier molecular flexibility index (Phi) is 4.70. The molecule has 4 rings (SSSR count). The van der Waals surface area contributed by atoms with E-state index in [0.717, 1.165) is 24.2 Å². The van der Waals surface area contributed by atoms with E-state index in [9.17, 15) is 4.79 Å². The first-order valence-electron chi connectivity index (χ1n) is 9.01. The van der Waals surface area contributed by atoms with E-state index in [1.54, 1.807) is 24.5 Å². The highest BCUT2D eigenvalue weighted by Crippen LogP contribution is 2.36. The smallest absolute Gasteiger partial charge is 0.255 e. The van der Waals surface area contributed by atoms with Crippen LogP contribution in [-0.2, 0) is 16.1 Å². The molecule has 6 heteroatoms. The van der Waals surface area contributed by atoms with Gasteiger partial charge in [-0.15, -0.1) is 0 Å². The summed E-state index contributed by atoms with van der Waals surface area (Å²) < 4.78 is 12.1. The first-order chi connectivity index (χ1) is 12.6. The van der Waals surface area contributed by atoms with Crippen molar-refractivity contribution < 1.29 is 14.3 Å². The summed E-state index contributed by atoms with van der Waals surface area (Å²) in [6, 6.07) is 9.54. The number of pyridine rings is 2. The Balaban J connectivity index is 1.31. The highest BCUT2D eigenvalue weighted by atomic mass is 16.5. The number of amides is 1. The van der Waals surface area contributed by atoms with E-state index in [0.29, 0.717) is 31.9 Å². The van der Waals surface area contributed by atoms with E-state index < -0.39 is 0 Å². The fourth-order valence-electron chi connectivity index (χ4n) is 3.69. The molecule has 0 saturated carbocycles. The Morgan fingerprint density at radius 3 is 3.00 bits per heavy atom. The van der Waals surface area contributed by atoms with Crippen molar-refractivity contribution in [1.82, 2.24) is 14.9 Å². The molecule has 2 aromatic rings. The first-order valence-corrected chi connectivity index (χ1v) is 9.01. The fraction of sp³-hybridized carbons (Fsp3) is 0.450. The monoisotopic (exact) mass is 353 g/mol. The molecule has 2 aromatic heterocycles. The van der Waals surface area contributed by atoms with Crippen molar-refractivity contribution in [3.63, 3.8) is 0 Å². The second-order valence-electron chi connectivity index (χ2n) is 7.13. The van der Waals surface area contributed by atoms with Gasteiger partial charge in [0.15, 0.2) is 0 Å². The molecule has 4 heterocycles. The van der Waals surface area contributed by atoms with Gasteiger partial charge in [0.2, 0.25) is 0 Å². The summed E-state index contributed by atoms with van der Waals surface area (Å²) in [5, 5.41) is 0. The summed E-state index contributed by atoms with van der Waals surface area (Å²) in [6.07, 6.45) is 5.11. The molecule has 2 aliphatic heterocycles. The number of carbonyl (C=O) groups excluding carboxylic acids is 1. The number of carbonyl (C=O) groups is 1. The molecule has 2 saturated heterocycles. The topological polar surface area (TPSA) is 64.6 Å². The van der Waals surface area contributed by atoms with Crippen molar-refractivity contribution in [2.24, 2.45) is 0 Å². The molecule has 136 valence electrons. The lowest BCUT2D eigenvalue weighted by Crippen LogP contribution is -2.67. The minimum Gasteiger partial charge on any atom is -0.372 e. The lowest BCUT2D eigenvalue weighted by molar-refractivity contribution is -0.188. The largest absolute Gasteiger partial charge is 0.372 e. The molecular weight excluding hydrogens is 330 g/mol. The van der Waals surface area contributed by atoms with Gasteiger partial charge in [-0.3, -0.25) is 14.8 Å². The van der Waals surface area contributed by atoms with E-state index in [2.05, 4.69) is 9.97 Å². The maximum absolute atomic E-state index is 12.5. The van der Waals surface area contributed by atoms with E-state index in [4.69, 9.17) is 9.47 Å². The van der Waals surface area contributed by atoms with Crippen LogP contribution in [0.3, 0.4) is 0 Å². The zero-order chi connectivity index (χ0) is 18.0. The molecule has 0 aromatic carbocycles. The predicted octanol–water partition coefficient (Wildman–Crippen LogP) is 2.38. The van der Waals surface area contributed by atoms with Gasteiger partial charge in [-0.1, -0.05) is 6.07 Å². The Bertz CT molecular complexity index is 775. The van der Waals surface area contributed by atoms with Crippen molar-refractivity contribution in [1.29, 1.82) is 0 Å².